The highest BCUT2D eigenvalue weighted by atomic mass is 35.5. The summed E-state index contributed by atoms with van der Waals surface area (Å²) in [6, 6.07) is -0.0202. The summed E-state index contributed by atoms with van der Waals surface area (Å²) in [6.07, 6.45) is 1.94. The Morgan fingerprint density at radius 1 is 1.58 bits per heavy atom. The van der Waals surface area contributed by atoms with E-state index >= 15 is 0 Å². The summed E-state index contributed by atoms with van der Waals surface area (Å²) in [5.41, 5.74) is 0. The molecule has 1 atom stereocenters. The molecule has 74 valence electrons. The third-order valence-corrected chi connectivity index (χ3v) is 3.89. The number of thioether (sulfide) groups is 1. The molecule has 0 aliphatic carbocycles. The molecule has 0 saturated carbocycles. The molecule has 0 amide bonds. The lowest BCUT2D eigenvalue weighted by Crippen LogP contribution is -2.36. The van der Waals surface area contributed by atoms with Crippen molar-refractivity contribution in [3.63, 3.8) is 0 Å². The van der Waals surface area contributed by atoms with Crippen LogP contribution in [0.5, 0.6) is 0 Å². The molecule has 0 fully saturated rings. The molecule has 1 N–H and O–H groups in total. The fourth-order valence-corrected chi connectivity index (χ4v) is 3.07. The molecule has 0 aliphatic heterocycles. The summed E-state index contributed by atoms with van der Waals surface area (Å²) in [5.74, 6) is 0.913. The van der Waals surface area contributed by atoms with Crippen LogP contribution in [0.15, 0.2) is 0 Å². The number of halogens is 1. The number of sulfonamides is 1. The Labute approximate surface area is 83.3 Å². The van der Waals surface area contributed by atoms with E-state index in [-0.39, 0.29) is 17.7 Å². The smallest absolute Gasteiger partial charge is 0.212 e. The average molecular weight is 232 g/mol. The van der Waals surface area contributed by atoms with Gasteiger partial charge < -0.3 is 0 Å². The van der Waals surface area contributed by atoms with Gasteiger partial charge in [0.1, 0.15) is 0 Å². The Morgan fingerprint density at radius 2 is 2.17 bits per heavy atom. The normalized spacial score (nSPS) is 14.6. The van der Waals surface area contributed by atoms with Gasteiger partial charge in [-0.1, -0.05) is 0 Å². The molecule has 0 radical (unpaired) electrons. The second-order valence-electron chi connectivity index (χ2n) is 2.48. The molecule has 6 heteroatoms. The second kappa shape index (κ2) is 6.07. The summed E-state index contributed by atoms with van der Waals surface area (Å²) < 4.78 is 24.7. The van der Waals surface area contributed by atoms with Gasteiger partial charge in [-0.15, -0.1) is 11.6 Å². The van der Waals surface area contributed by atoms with Crippen molar-refractivity contribution in [1.29, 1.82) is 0 Å². The fraction of sp³-hybridized carbons (Fsp3) is 1.00. The van der Waals surface area contributed by atoms with Gasteiger partial charge >= 0.3 is 0 Å². The van der Waals surface area contributed by atoms with E-state index in [9.17, 15) is 8.42 Å². The highest BCUT2D eigenvalue weighted by Gasteiger charge is 2.12. The van der Waals surface area contributed by atoms with E-state index in [1.54, 1.807) is 11.8 Å². The lowest BCUT2D eigenvalue weighted by Gasteiger charge is -2.11. The molecule has 0 aliphatic rings. The van der Waals surface area contributed by atoms with E-state index < -0.39 is 10.0 Å². The zero-order valence-electron chi connectivity index (χ0n) is 7.21. The molecule has 0 spiro atoms. The second-order valence-corrected chi connectivity index (χ2v) is 5.64. The molecular formula is C6H14ClNO2S2. The first-order chi connectivity index (χ1) is 5.52. The molecule has 1 unspecified atom stereocenters. The summed E-state index contributed by atoms with van der Waals surface area (Å²) >= 11 is 6.93. The molecule has 0 rings (SSSR count). The van der Waals surface area contributed by atoms with Crippen LogP contribution in [-0.4, -0.2) is 38.1 Å². The lowest BCUT2D eigenvalue weighted by atomic mass is 10.4. The molecule has 12 heavy (non-hydrogen) atoms. The summed E-state index contributed by atoms with van der Waals surface area (Å²) in [5, 5.41) is 0. The molecular weight excluding hydrogens is 218 g/mol. The molecule has 0 aromatic rings. The van der Waals surface area contributed by atoms with Gasteiger partial charge in [-0.3, -0.25) is 0 Å². The van der Waals surface area contributed by atoms with Crippen molar-refractivity contribution in [2.45, 2.75) is 13.0 Å². The molecule has 0 aromatic carbocycles. The Balaban J connectivity index is 3.89. The maximum Gasteiger partial charge on any atom is 0.213 e. The fourth-order valence-electron chi connectivity index (χ4n) is 0.751. The van der Waals surface area contributed by atoms with Crippen LogP contribution in [0.4, 0.5) is 0 Å². The van der Waals surface area contributed by atoms with Crippen LogP contribution in [0.1, 0.15) is 6.92 Å². The first kappa shape index (κ1) is 12.6. The minimum absolute atomic E-state index is 0.00667. The van der Waals surface area contributed by atoms with Crippen molar-refractivity contribution in [3.8, 4) is 0 Å². The van der Waals surface area contributed by atoms with Gasteiger partial charge in [0.05, 0.1) is 5.75 Å². The van der Waals surface area contributed by atoms with Gasteiger partial charge in [-0.05, 0) is 13.2 Å². The predicted octanol–water partition coefficient (Wildman–Crippen LogP) is 0.896. The van der Waals surface area contributed by atoms with Gasteiger partial charge in [0, 0.05) is 17.7 Å². The van der Waals surface area contributed by atoms with Crippen molar-refractivity contribution in [3.05, 3.63) is 0 Å². The van der Waals surface area contributed by atoms with E-state index in [0.717, 1.165) is 5.75 Å². The number of rotatable bonds is 6. The summed E-state index contributed by atoms with van der Waals surface area (Å²) in [6.45, 7) is 1.84. The van der Waals surface area contributed by atoms with Gasteiger partial charge in [0.25, 0.3) is 0 Å². The Hall–Kier alpha value is 0.550. The highest BCUT2D eigenvalue weighted by Crippen LogP contribution is 1.98. The van der Waals surface area contributed by atoms with E-state index in [1.807, 2.05) is 13.2 Å². The van der Waals surface area contributed by atoms with Crippen LogP contribution < -0.4 is 4.72 Å². The number of hydrogen-bond acceptors (Lipinski definition) is 3. The van der Waals surface area contributed by atoms with Crippen LogP contribution >= 0.6 is 23.4 Å². The first-order valence-corrected chi connectivity index (χ1v) is 7.15. The zero-order valence-corrected chi connectivity index (χ0v) is 9.60. The number of alkyl halides is 1. The van der Waals surface area contributed by atoms with Crippen LogP contribution in [-0.2, 0) is 10.0 Å². The molecule has 0 saturated heterocycles. The number of nitrogens with one attached hydrogen (secondary N) is 1. The van der Waals surface area contributed by atoms with Crippen LogP contribution in [0.25, 0.3) is 0 Å². The van der Waals surface area contributed by atoms with Crippen LogP contribution in [0.2, 0.25) is 0 Å². The van der Waals surface area contributed by atoms with Crippen molar-refractivity contribution in [2.24, 2.45) is 0 Å². The van der Waals surface area contributed by atoms with Gasteiger partial charge in [-0.25, -0.2) is 13.1 Å². The summed E-state index contributed by atoms with van der Waals surface area (Å²) in [7, 11) is -3.15. The van der Waals surface area contributed by atoms with Crippen molar-refractivity contribution in [1.82, 2.24) is 4.72 Å². The quantitative estimate of drug-likeness (QED) is 0.691. The average Bonchev–Trinajstić information content (AvgIpc) is 1.85. The Bertz CT molecular complexity index is 206. The third-order valence-electron chi connectivity index (χ3n) is 1.14. The Morgan fingerprint density at radius 3 is 2.58 bits per heavy atom. The topological polar surface area (TPSA) is 46.2 Å². The van der Waals surface area contributed by atoms with E-state index in [1.165, 1.54) is 0 Å². The van der Waals surface area contributed by atoms with Gasteiger partial charge in [-0.2, -0.15) is 11.8 Å². The van der Waals surface area contributed by atoms with Gasteiger partial charge in [0.2, 0.25) is 10.0 Å². The molecule has 3 nitrogen and oxygen atoms in total. The highest BCUT2D eigenvalue weighted by molar-refractivity contribution is 7.98. The Kier molecular flexibility index (Phi) is 6.35. The standard InChI is InChI=1S/C6H14ClNO2S2/c1-6(5-11-2)8-12(9,10)4-3-7/h6,8H,3-5H2,1-2H3. The molecule has 0 heterocycles. The zero-order chi connectivity index (χ0) is 9.61. The van der Waals surface area contributed by atoms with Crippen molar-refractivity contribution >= 4 is 33.4 Å². The molecule has 0 bridgehead atoms. The minimum Gasteiger partial charge on any atom is -0.212 e. The monoisotopic (exact) mass is 231 g/mol. The van der Waals surface area contributed by atoms with Crippen molar-refractivity contribution < 1.29 is 8.42 Å². The molecule has 0 aromatic heterocycles. The van der Waals surface area contributed by atoms with Crippen molar-refractivity contribution in [2.75, 3.05) is 23.6 Å². The van der Waals surface area contributed by atoms with Gasteiger partial charge in [0.15, 0.2) is 0 Å². The minimum atomic E-state index is -3.15. The van der Waals surface area contributed by atoms with E-state index in [2.05, 4.69) is 4.72 Å². The van der Waals surface area contributed by atoms with Crippen LogP contribution in [0, 0.1) is 0 Å². The third kappa shape index (κ3) is 6.11. The first-order valence-electron chi connectivity index (χ1n) is 3.56. The SMILES string of the molecule is CSCC(C)NS(=O)(=O)CCCl. The largest absolute Gasteiger partial charge is 0.213 e. The number of hydrogen-bond donors (Lipinski definition) is 1. The van der Waals surface area contributed by atoms with E-state index in [0.29, 0.717) is 0 Å². The van der Waals surface area contributed by atoms with E-state index in [4.69, 9.17) is 11.6 Å². The van der Waals surface area contributed by atoms with Crippen LogP contribution in [0.3, 0.4) is 0 Å². The maximum atomic E-state index is 11.1. The lowest BCUT2D eigenvalue weighted by molar-refractivity contribution is 0.572. The summed E-state index contributed by atoms with van der Waals surface area (Å²) in [4.78, 5) is 0. The predicted molar refractivity (Wildman–Crippen MR) is 55.5 cm³/mol. The maximum absolute atomic E-state index is 11.1.